The fourth-order valence-electron chi connectivity index (χ4n) is 1.71. The van der Waals surface area contributed by atoms with Crippen LogP contribution < -0.4 is 16.2 Å². The number of halogens is 1. The largest absolute Gasteiger partial charge is 0.298 e. The fourth-order valence-corrected chi connectivity index (χ4v) is 2.66. The van der Waals surface area contributed by atoms with Crippen molar-refractivity contribution in [3.8, 4) is 0 Å². The molecule has 0 spiro atoms. The maximum Gasteiger partial charge on any atom is 0.288 e. The Morgan fingerprint density at radius 2 is 2.04 bits per heavy atom. The molecule has 0 bridgehead atoms. The van der Waals surface area contributed by atoms with Gasteiger partial charge in [0.1, 0.15) is 5.02 Å². The Bertz CT molecular complexity index is 884. The molecule has 1 aromatic carbocycles. The van der Waals surface area contributed by atoms with Gasteiger partial charge in [-0.25, -0.2) is 0 Å². The number of rotatable bonds is 4. The van der Waals surface area contributed by atoms with Crippen molar-refractivity contribution in [3.05, 3.63) is 67.4 Å². The second-order valence-corrected chi connectivity index (χ2v) is 6.46. The molecule has 1 heterocycles. The highest BCUT2D eigenvalue weighted by atomic mass is 35.5. The third kappa shape index (κ3) is 5.62. The predicted molar refractivity (Wildman–Crippen MR) is 103 cm³/mol. The van der Waals surface area contributed by atoms with Crippen LogP contribution in [0, 0.1) is 10.1 Å². The minimum absolute atomic E-state index is 0.000294. The summed E-state index contributed by atoms with van der Waals surface area (Å²) in [5.74, 6) is -1.16. The number of benzene rings is 1. The van der Waals surface area contributed by atoms with Gasteiger partial charge in [-0.2, -0.15) is 0 Å². The van der Waals surface area contributed by atoms with Crippen molar-refractivity contribution in [1.82, 2.24) is 16.2 Å². The molecular formula is C15H11ClN4O4S2. The Labute approximate surface area is 162 Å². The second-order valence-electron chi connectivity index (χ2n) is 4.67. The van der Waals surface area contributed by atoms with E-state index in [4.69, 9.17) is 23.8 Å². The van der Waals surface area contributed by atoms with E-state index < -0.39 is 22.4 Å². The van der Waals surface area contributed by atoms with Gasteiger partial charge in [-0.15, -0.1) is 11.3 Å². The van der Waals surface area contributed by atoms with E-state index in [1.165, 1.54) is 29.5 Å². The molecule has 0 saturated heterocycles. The van der Waals surface area contributed by atoms with Gasteiger partial charge in [-0.05, 0) is 41.9 Å². The van der Waals surface area contributed by atoms with Crippen LogP contribution in [-0.4, -0.2) is 21.9 Å². The molecule has 0 saturated carbocycles. The summed E-state index contributed by atoms with van der Waals surface area (Å²) < 4.78 is 0. The molecule has 0 fully saturated rings. The molecule has 11 heteroatoms. The summed E-state index contributed by atoms with van der Waals surface area (Å²) in [6.07, 6.45) is 2.91. The Balaban J connectivity index is 1.87. The molecule has 0 atom stereocenters. The zero-order chi connectivity index (χ0) is 19.1. The maximum atomic E-state index is 12.0. The van der Waals surface area contributed by atoms with Crippen molar-refractivity contribution in [2.24, 2.45) is 0 Å². The van der Waals surface area contributed by atoms with Crippen molar-refractivity contribution in [2.45, 2.75) is 0 Å². The number of hydrogen-bond acceptors (Lipinski definition) is 6. The predicted octanol–water partition coefficient (Wildman–Crippen LogP) is 2.66. The number of nitrogens with one attached hydrogen (secondary N) is 3. The highest BCUT2D eigenvalue weighted by Gasteiger charge is 2.16. The van der Waals surface area contributed by atoms with E-state index in [1.54, 1.807) is 6.08 Å². The molecule has 26 heavy (non-hydrogen) atoms. The first-order valence-electron chi connectivity index (χ1n) is 6.93. The van der Waals surface area contributed by atoms with Crippen LogP contribution in [0.2, 0.25) is 5.02 Å². The monoisotopic (exact) mass is 410 g/mol. The third-order valence-electron chi connectivity index (χ3n) is 2.87. The minimum atomic E-state index is -0.697. The maximum absolute atomic E-state index is 12.0. The first-order valence-corrected chi connectivity index (χ1v) is 8.60. The van der Waals surface area contributed by atoms with Crippen LogP contribution in [-0.2, 0) is 4.79 Å². The molecule has 0 aliphatic heterocycles. The van der Waals surface area contributed by atoms with Gasteiger partial charge in [-0.1, -0.05) is 17.7 Å². The molecule has 2 rings (SSSR count). The number of nitro groups is 1. The van der Waals surface area contributed by atoms with Gasteiger partial charge in [0.15, 0.2) is 5.11 Å². The Hall–Kier alpha value is -2.82. The number of thiocarbonyl (C=S) groups is 1. The molecule has 2 amide bonds. The van der Waals surface area contributed by atoms with E-state index in [1.807, 2.05) is 17.5 Å². The van der Waals surface area contributed by atoms with E-state index in [0.29, 0.717) is 0 Å². The van der Waals surface area contributed by atoms with E-state index in [2.05, 4.69) is 16.2 Å². The summed E-state index contributed by atoms with van der Waals surface area (Å²) in [5.41, 5.74) is 4.17. The lowest BCUT2D eigenvalue weighted by molar-refractivity contribution is -0.384. The highest BCUT2D eigenvalue weighted by molar-refractivity contribution is 7.80. The first kappa shape index (κ1) is 19.5. The van der Waals surface area contributed by atoms with Gasteiger partial charge < -0.3 is 0 Å². The van der Waals surface area contributed by atoms with Crippen LogP contribution in [0.15, 0.2) is 41.8 Å². The average Bonchev–Trinajstić information content (AvgIpc) is 3.11. The normalized spacial score (nSPS) is 10.3. The van der Waals surface area contributed by atoms with Crippen LogP contribution in [0.1, 0.15) is 15.2 Å². The van der Waals surface area contributed by atoms with Gasteiger partial charge in [0.25, 0.3) is 11.6 Å². The number of amides is 2. The smallest absolute Gasteiger partial charge is 0.288 e. The molecular weight excluding hydrogens is 400 g/mol. The van der Waals surface area contributed by atoms with Crippen molar-refractivity contribution >= 4 is 63.8 Å². The second kappa shape index (κ2) is 9.04. The summed E-state index contributed by atoms with van der Waals surface area (Å²) in [4.78, 5) is 34.7. The van der Waals surface area contributed by atoms with E-state index in [0.717, 1.165) is 10.9 Å². The summed E-state index contributed by atoms with van der Waals surface area (Å²) in [6.45, 7) is 0. The van der Waals surface area contributed by atoms with Gasteiger partial charge >= 0.3 is 0 Å². The number of thiophene rings is 1. The molecule has 8 nitrogen and oxygen atoms in total. The quantitative estimate of drug-likeness (QED) is 0.309. The minimum Gasteiger partial charge on any atom is -0.298 e. The lowest BCUT2D eigenvalue weighted by atomic mass is 10.2. The third-order valence-corrected chi connectivity index (χ3v) is 4.23. The molecule has 0 aliphatic rings. The molecule has 1 aromatic heterocycles. The average molecular weight is 411 g/mol. The summed E-state index contributed by atoms with van der Waals surface area (Å²) >= 11 is 12.0. The number of hydrogen-bond donors (Lipinski definition) is 3. The van der Waals surface area contributed by atoms with Gasteiger partial charge in [0, 0.05) is 22.6 Å². The molecule has 2 aromatic rings. The lowest BCUT2D eigenvalue weighted by Gasteiger charge is -2.09. The number of carbonyl (C=O) groups is 2. The van der Waals surface area contributed by atoms with E-state index >= 15 is 0 Å². The Kier molecular flexibility index (Phi) is 6.78. The van der Waals surface area contributed by atoms with Crippen molar-refractivity contribution < 1.29 is 14.5 Å². The topological polar surface area (TPSA) is 113 Å². The molecule has 0 aliphatic carbocycles. The summed E-state index contributed by atoms with van der Waals surface area (Å²) in [6, 6.07) is 7.29. The van der Waals surface area contributed by atoms with Crippen molar-refractivity contribution in [3.63, 3.8) is 0 Å². The summed E-state index contributed by atoms with van der Waals surface area (Å²) in [7, 11) is 0. The fraction of sp³-hybridized carbons (Fsp3) is 0. The van der Waals surface area contributed by atoms with Crippen LogP contribution in [0.25, 0.3) is 6.08 Å². The van der Waals surface area contributed by atoms with Crippen molar-refractivity contribution in [1.29, 1.82) is 0 Å². The van der Waals surface area contributed by atoms with Crippen LogP contribution in [0.3, 0.4) is 0 Å². The molecule has 0 unspecified atom stereocenters. The number of nitro benzene ring substituents is 1. The van der Waals surface area contributed by atoms with Crippen molar-refractivity contribution in [2.75, 3.05) is 0 Å². The number of carbonyl (C=O) groups excluding carboxylic acids is 2. The highest BCUT2D eigenvalue weighted by Crippen LogP contribution is 2.24. The first-order chi connectivity index (χ1) is 12.4. The van der Waals surface area contributed by atoms with Crippen LogP contribution >= 0.6 is 35.2 Å². The SMILES string of the molecule is O=C(C=Cc1cccs1)NC(=S)NNC(=O)c1ccc(Cl)c([N+](=O)[O-])c1. The Morgan fingerprint density at radius 3 is 2.69 bits per heavy atom. The van der Waals surface area contributed by atoms with Gasteiger partial charge in [0.2, 0.25) is 5.91 Å². The summed E-state index contributed by atoms with van der Waals surface area (Å²) in [5, 5.41) is 14.8. The standard InChI is InChI=1S/C15H11ClN4O4S2/c16-11-5-3-9(8-12(11)20(23)24)14(22)18-19-15(25)17-13(21)6-4-10-2-1-7-26-10/h1-8H,(H,18,22)(H2,17,19,21,25). The van der Waals surface area contributed by atoms with Crippen LogP contribution in [0.5, 0.6) is 0 Å². The molecule has 0 radical (unpaired) electrons. The Morgan fingerprint density at radius 1 is 1.27 bits per heavy atom. The zero-order valence-corrected chi connectivity index (χ0v) is 15.3. The lowest BCUT2D eigenvalue weighted by Crippen LogP contribution is -2.48. The van der Waals surface area contributed by atoms with Gasteiger partial charge in [0.05, 0.1) is 4.92 Å². The van der Waals surface area contributed by atoms with E-state index in [-0.39, 0.29) is 15.7 Å². The molecule has 134 valence electrons. The van der Waals surface area contributed by atoms with Crippen LogP contribution in [0.4, 0.5) is 5.69 Å². The van der Waals surface area contributed by atoms with E-state index in [9.17, 15) is 19.7 Å². The number of hydrazine groups is 1. The number of nitrogens with zero attached hydrogens (tertiary/aromatic N) is 1. The zero-order valence-electron chi connectivity index (χ0n) is 12.9. The van der Waals surface area contributed by atoms with Gasteiger partial charge in [-0.3, -0.25) is 35.9 Å². The molecule has 3 N–H and O–H groups in total.